The molecule has 3 N–H and O–H groups in total. The lowest BCUT2D eigenvalue weighted by molar-refractivity contribution is -0.133. The Morgan fingerprint density at radius 1 is 1.27 bits per heavy atom. The maximum Gasteiger partial charge on any atom is 0.258 e. The van der Waals surface area contributed by atoms with Crippen molar-refractivity contribution in [3.8, 4) is 0 Å². The monoisotopic (exact) mass is 339 g/mol. The molecule has 4 nitrogen and oxygen atoms in total. The third-order valence-electron chi connectivity index (χ3n) is 3.35. The molecular weight excluding hydrogens is 325 g/mol. The normalized spacial score (nSPS) is 13.6. The smallest absolute Gasteiger partial charge is 0.258 e. The fraction of sp³-hybridized carbons (Fsp3) is 0.188. The van der Waals surface area contributed by atoms with Crippen LogP contribution in [0.1, 0.15) is 16.7 Å². The number of hydrogen-bond acceptors (Lipinski definition) is 3. The standard InChI is InChI=1S/C16H15Cl2NO3/c1-22-9-10-7-12(17)8-13(18)14(10)16(21,15(19)20)11-5-3-2-4-6-11/h2-8,21H,9H2,1H3,(H2,19,20). The molecule has 1 atom stereocenters. The Morgan fingerprint density at radius 2 is 1.91 bits per heavy atom. The Balaban J connectivity index is 2.77. The summed E-state index contributed by atoms with van der Waals surface area (Å²) in [6, 6.07) is 11.4. The summed E-state index contributed by atoms with van der Waals surface area (Å²) in [7, 11) is 1.49. The van der Waals surface area contributed by atoms with Gasteiger partial charge in [-0.25, -0.2) is 0 Å². The molecule has 0 aliphatic heterocycles. The fourth-order valence-electron chi connectivity index (χ4n) is 2.39. The number of carbonyl (C=O) groups is 1. The van der Waals surface area contributed by atoms with Gasteiger partial charge in [0, 0.05) is 22.7 Å². The van der Waals surface area contributed by atoms with Gasteiger partial charge in [-0.05, 0) is 23.3 Å². The summed E-state index contributed by atoms with van der Waals surface area (Å²) in [6.45, 7) is 0.123. The van der Waals surface area contributed by atoms with E-state index in [9.17, 15) is 9.90 Å². The summed E-state index contributed by atoms with van der Waals surface area (Å²) in [5.74, 6) is -0.930. The maximum atomic E-state index is 12.1. The van der Waals surface area contributed by atoms with Crippen molar-refractivity contribution in [2.24, 2.45) is 5.73 Å². The van der Waals surface area contributed by atoms with E-state index in [0.717, 1.165) is 0 Å². The quantitative estimate of drug-likeness (QED) is 0.879. The Kier molecular flexibility index (Phi) is 5.08. The molecule has 2 aromatic carbocycles. The van der Waals surface area contributed by atoms with Crippen LogP contribution in [0.15, 0.2) is 42.5 Å². The topological polar surface area (TPSA) is 72.6 Å². The summed E-state index contributed by atoms with van der Waals surface area (Å²) in [5.41, 5.74) is 4.41. The fourth-order valence-corrected chi connectivity index (χ4v) is 3.06. The van der Waals surface area contributed by atoms with E-state index < -0.39 is 11.5 Å². The highest BCUT2D eigenvalue weighted by atomic mass is 35.5. The molecule has 6 heteroatoms. The second kappa shape index (κ2) is 6.67. The van der Waals surface area contributed by atoms with Crippen molar-refractivity contribution >= 4 is 29.1 Å². The lowest BCUT2D eigenvalue weighted by Crippen LogP contribution is -2.43. The molecule has 0 saturated carbocycles. The molecule has 2 rings (SSSR count). The molecule has 0 saturated heterocycles. The number of rotatable bonds is 5. The molecule has 0 fully saturated rings. The number of nitrogens with two attached hydrogens (primary N) is 1. The van der Waals surface area contributed by atoms with Crippen LogP contribution in [-0.2, 0) is 21.7 Å². The van der Waals surface area contributed by atoms with Crippen molar-refractivity contribution in [2.75, 3.05) is 7.11 Å². The number of carbonyl (C=O) groups excluding carboxylic acids is 1. The number of benzene rings is 2. The predicted octanol–water partition coefficient (Wildman–Crippen LogP) is 2.86. The minimum absolute atomic E-state index is 0.123. The van der Waals surface area contributed by atoms with Crippen molar-refractivity contribution in [3.05, 3.63) is 69.2 Å². The van der Waals surface area contributed by atoms with Crippen molar-refractivity contribution in [2.45, 2.75) is 12.2 Å². The van der Waals surface area contributed by atoms with Crippen LogP contribution in [0.3, 0.4) is 0 Å². The van der Waals surface area contributed by atoms with Crippen molar-refractivity contribution in [1.82, 2.24) is 0 Å². The van der Waals surface area contributed by atoms with Crippen LogP contribution in [0.4, 0.5) is 0 Å². The molecule has 2 aromatic rings. The third kappa shape index (κ3) is 2.96. The first-order chi connectivity index (χ1) is 10.4. The highest BCUT2D eigenvalue weighted by Gasteiger charge is 2.41. The van der Waals surface area contributed by atoms with E-state index in [2.05, 4.69) is 0 Å². The summed E-state index contributed by atoms with van der Waals surface area (Å²) in [5, 5.41) is 11.6. The number of aliphatic hydroxyl groups is 1. The molecule has 0 heterocycles. The van der Waals surface area contributed by atoms with E-state index in [-0.39, 0.29) is 17.2 Å². The zero-order chi connectivity index (χ0) is 16.3. The van der Waals surface area contributed by atoms with E-state index in [1.807, 2.05) is 0 Å². The van der Waals surface area contributed by atoms with Gasteiger partial charge >= 0.3 is 0 Å². The van der Waals surface area contributed by atoms with Gasteiger partial charge in [0.15, 0.2) is 5.60 Å². The lowest BCUT2D eigenvalue weighted by Gasteiger charge is -2.29. The third-order valence-corrected chi connectivity index (χ3v) is 3.86. The van der Waals surface area contributed by atoms with Crippen LogP contribution < -0.4 is 5.73 Å². The zero-order valence-electron chi connectivity index (χ0n) is 11.8. The SMILES string of the molecule is COCc1cc(Cl)cc(Cl)c1C(O)(C(N)=O)c1ccccc1. The number of hydrogen-bond donors (Lipinski definition) is 2. The van der Waals surface area contributed by atoms with Gasteiger partial charge < -0.3 is 15.6 Å². The minimum atomic E-state index is -2.07. The predicted molar refractivity (Wildman–Crippen MR) is 85.8 cm³/mol. The molecule has 0 spiro atoms. The molecule has 0 radical (unpaired) electrons. The Labute approximate surface area is 138 Å². The Hall–Kier alpha value is -1.59. The summed E-state index contributed by atoms with van der Waals surface area (Å²) >= 11 is 12.2. The largest absolute Gasteiger partial charge is 0.380 e. The van der Waals surface area contributed by atoms with Crippen LogP contribution in [-0.4, -0.2) is 18.1 Å². The highest BCUT2D eigenvalue weighted by Crippen LogP contribution is 2.38. The minimum Gasteiger partial charge on any atom is -0.380 e. The van der Waals surface area contributed by atoms with Crippen molar-refractivity contribution in [3.63, 3.8) is 0 Å². The Bertz CT molecular complexity index is 691. The molecule has 0 bridgehead atoms. The van der Waals surface area contributed by atoms with Crippen LogP contribution in [0.5, 0.6) is 0 Å². The van der Waals surface area contributed by atoms with Gasteiger partial charge in [0.25, 0.3) is 5.91 Å². The highest BCUT2D eigenvalue weighted by molar-refractivity contribution is 6.35. The zero-order valence-corrected chi connectivity index (χ0v) is 13.4. The summed E-state index contributed by atoms with van der Waals surface area (Å²) in [4.78, 5) is 12.1. The van der Waals surface area contributed by atoms with Crippen LogP contribution in [0.2, 0.25) is 10.0 Å². The molecule has 116 valence electrons. The van der Waals surface area contributed by atoms with Crippen LogP contribution in [0, 0.1) is 0 Å². The van der Waals surface area contributed by atoms with Gasteiger partial charge in [0.2, 0.25) is 0 Å². The average Bonchev–Trinajstić information content (AvgIpc) is 2.47. The molecule has 22 heavy (non-hydrogen) atoms. The second-order valence-electron chi connectivity index (χ2n) is 4.80. The van der Waals surface area contributed by atoms with Gasteiger partial charge in [0.1, 0.15) is 0 Å². The first-order valence-corrected chi connectivity index (χ1v) is 7.22. The Morgan fingerprint density at radius 3 is 2.45 bits per heavy atom. The van der Waals surface area contributed by atoms with Gasteiger partial charge in [-0.1, -0.05) is 53.5 Å². The molecule has 1 amide bonds. The number of primary amides is 1. The second-order valence-corrected chi connectivity index (χ2v) is 5.64. The number of halogens is 2. The molecule has 1 unspecified atom stereocenters. The van der Waals surface area contributed by atoms with Crippen molar-refractivity contribution in [1.29, 1.82) is 0 Å². The number of ether oxygens (including phenoxy) is 1. The van der Waals surface area contributed by atoms with Gasteiger partial charge in [0.05, 0.1) is 6.61 Å². The first kappa shape index (κ1) is 16.8. The number of amides is 1. The van der Waals surface area contributed by atoms with Crippen LogP contribution >= 0.6 is 23.2 Å². The van der Waals surface area contributed by atoms with E-state index >= 15 is 0 Å². The van der Waals surface area contributed by atoms with E-state index in [4.69, 9.17) is 33.7 Å². The van der Waals surface area contributed by atoms with Gasteiger partial charge in [-0.3, -0.25) is 4.79 Å². The van der Waals surface area contributed by atoms with Crippen molar-refractivity contribution < 1.29 is 14.6 Å². The molecular formula is C16H15Cl2NO3. The van der Waals surface area contributed by atoms with Crippen LogP contribution in [0.25, 0.3) is 0 Å². The van der Waals surface area contributed by atoms with E-state index in [1.54, 1.807) is 36.4 Å². The molecule has 0 aliphatic rings. The molecule has 0 aromatic heterocycles. The van der Waals surface area contributed by atoms with E-state index in [0.29, 0.717) is 16.1 Å². The average molecular weight is 340 g/mol. The lowest BCUT2D eigenvalue weighted by atomic mass is 9.83. The van der Waals surface area contributed by atoms with E-state index in [1.165, 1.54) is 13.2 Å². The first-order valence-electron chi connectivity index (χ1n) is 6.46. The maximum absolute atomic E-state index is 12.1. The number of methoxy groups -OCH3 is 1. The molecule has 0 aliphatic carbocycles. The summed E-state index contributed by atoms with van der Waals surface area (Å²) < 4.78 is 5.11. The summed E-state index contributed by atoms with van der Waals surface area (Å²) in [6.07, 6.45) is 0. The van der Waals surface area contributed by atoms with Gasteiger partial charge in [-0.2, -0.15) is 0 Å². The van der Waals surface area contributed by atoms with Gasteiger partial charge in [-0.15, -0.1) is 0 Å².